The van der Waals surface area contributed by atoms with Crippen LogP contribution in [0, 0.1) is 24.0 Å². The van der Waals surface area contributed by atoms with Crippen molar-refractivity contribution < 1.29 is 28.5 Å². The Kier molecular flexibility index (Phi) is 7.03. The van der Waals surface area contributed by atoms with Crippen molar-refractivity contribution in [3.8, 4) is 17.0 Å². The number of benzene rings is 2. The molecule has 0 saturated heterocycles. The van der Waals surface area contributed by atoms with E-state index in [9.17, 15) is 19.4 Å². The molecule has 1 aliphatic carbocycles. The molecule has 0 bridgehead atoms. The van der Waals surface area contributed by atoms with Crippen LogP contribution in [0.3, 0.4) is 0 Å². The summed E-state index contributed by atoms with van der Waals surface area (Å²) in [5, 5.41) is 34.7. The molecule has 1 fully saturated rings. The van der Waals surface area contributed by atoms with E-state index in [2.05, 4.69) is 20.5 Å². The van der Waals surface area contributed by atoms with Gasteiger partial charge in [-0.25, -0.2) is 13.8 Å². The predicted molar refractivity (Wildman–Crippen MR) is 149 cm³/mol. The first-order chi connectivity index (χ1) is 19.3. The number of aliphatic hydroxyl groups is 2. The Morgan fingerprint density at radius 1 is 1.07 bits per heavy atom. The van der Waals surface area contributed by atoms with Gasteiger partial charge in [-0.1, -0.05) is 6.92 Å². The van der Waals surface area contributed by atoms with Gasteiger partial charge in [-0.2, -0.15) is 5.10 Å². The van der Waals surface area contributed by atoms with E-state index < -0.39 is 34.2 Å². The fourth-order valence-corrected chi connectivity index (χ4v) is 5.03. The molecule has 2 aromatic heterocycles. The number of carbonyl (C=O) groups excluding carboxylic acids is 1. The van der Waals surface area contributed by atoms with E-state index in [1.54, 1.807) is 25.1 Å². The number of halogens is 2. The van der Waals surface area contributed by atoms with Crippen molar-refractivity contribution in [1.82, 2.24) is 20.5 Å². The van der Waals surface area contributed by atoms with Gasteiger partial charge >= 0.3 is 0 Å². The maximum atomic E-state index is 15.7. The Morgan fingerprint density at radius 2 is 1.76 bits per heavy atom. The van der Waals surface area contributed by atoms with Crippen LogP contribution < -0.4 is 10.1 Å². The largest absolute Gasteiger partial charge is 0.494 e. The number of hydrogen-bond donors (Lipinski definition) is 3. The SMILES string of the molecule is COc1cc(C(=O)NCC(O)(c2cc(C(C)(C)O)c(F)c(-c3ccc(F)cc3)n2)C2(C)CC2)cc2cc(C)nnc12. The van der Waals surface area contributed by atoms with E-state index in [1.165, 1.54) is 51.3 Å². The normalized spacial score (nSPS) is 15.8. The van der Waals surface area contributed by atoms with Crippen LogP contribution in [0.15, 0.2) is 48.5 Å². The second-order valence-electron chi connectivity index (χ2n) is 11.5. The lowest BCUT2D eigenvalue weighted by Crippen LogP contribution is -2.47. The number of rotatable bonds is 8. The Morgan fingerprint density at radius 3 is 2.37 bits per heavy atom. The van der Waals surface area contributed by atoms with Crippen LogP contribution in [0.5, 0.6) is 5.75 Å². The summed E-state index contributed by atoms with van der Waals surface area (Å²) in [6.45, 7) is 6.29. The molecule has 2 aromatic carbocycles. The monoisotopic (exact) mass is 562 g/mol. The number of carbonyl (C=O) groups is 1. The molecule has 0 radical (unpaired) electrons. The van der Waals surface area contributed by atoms with E-state index >= 15 is 4.39 Å². The minimum absolute atomic E-state index is 0.0772. The standard InChI is InChI=1S/C31H32F2N4O4/c1-17-12-19-13-20(14-23(41-5)26(19)37-36-17)28(38)34-16-31(40,30(4)10-11-30)24-15-22(29(2,3)39)25(33)27(35-24)18-6-8-21(32)9-7-18/h6-9,12-15,39-40H,10-11,16H2,1-5H3,(H,34,38). The molecule has 3 N–H and O–H groups in total. The number of pyridine rings is 1. The van der Waals surface area contributed by atoms with Gasteiger partial charge in [-0.05, 0) is 82.1 Å². The number of fused-ring (bicyclic) bond motifs is 1. The number of aryl methyl sites for hydroxylation is 1. The minimum Gasteiger partial charge on any atom is -0.494 e. The summed E-state index contributed by atoms with van der Waals surface area (Å²) in [5.74, 6) is -1.36. The molecule has 2 heterocycles. The van der Waals surface area contributed by atoms with Crippen molar-refractivity contribution in [2.75, 3.05) is 13.7 Å². The third-order valence-corrected chi connectivity index (χ3v) is 7.92. The average molecular weight is 563 g/mol. The van der Waals surface area contributed by atoms with Crippen LogP contribution in [0.4, 0.5) is 8.78 Å². The lowest BCUT2D eigenvalue weighted by Gasteiger charge is -2.35. The third-order valence-electron chi connectivity index (χ3n) is 7.92. The second-order valence-corrected chi connectivity index (χ2v) is 11.5. The molecular formula is C31H32F2N4O4. The van der Waals surface area contributed by atoms with Crippen molar-refractivity contribution in [1.29, 1.82) is 0 Å². The molecule has 8 nitrogen and oxygen atoms in total. The molecule has 1 amide bonds. The maximum absolute atomic E-state index is 15.7. The van der Waals surface area contributed by atoms with Gasteiger partial charge in [0.15, 0.2) is 5.82 Å². The second kappa shape index (κ2) is 10.1. The van der Waals surface area contributed by atoms with Gasteiger partial charge in [0, 0.05) is 27.5 Å². The molecule has 10 heteroatoms. The van der Waals surface area contributed by atoms with E-state index in [4.69, 9.17) is 4.74 Å². The van der Waals surface area contributed by atoms with Crippen LogP contribution >= 0.6 is 0 Å². The molecule has 214 valence electrons. The lowest BCUT2D eigenvalue weighted by atomic mass is 9.80. The first kappa shape index (κ1) is 28.5. The highest BCUT2D eigenvalue weighted by molar-refractivity contribution is 5.99. The predicted octanol–water partition coefficient (Wildman–Crippen LogP) is 4.93. The Labute approximate surface area is 236 Å². The number of hydrogen-bond acceptors (Lipinski definition) is 7. The zero-order valence-electron chi connectivity index (χ0n) is 23.5. The summed E-state index contributed by atoms with van der Waals surface area (Å²) >= 11 is 0. The van der Waals surface area contributed by atoms with Crippen molar-refractivity contribution in [2.24, 2.45) is 5.41 Å². The topological polar surface area (TPSA) is 117 Å². The quantitative estimate of drug-likeness (QED) is 0.279. The number of aromatic nitrogens is 3. The summed E-state index contributed by atoms with van der Waals surface area (Å²) in [6, 6.07) is 11.5. The van der Waals surface area contributed by atoms with Gasteiger partial charge in [-0.15, -0.1) is 5.10 Å². The Hall–Kier alpha value is -4.02. The highest BCUT2D eigenvalue weighted by Gasteiger charge is 2.57. The van der Waals surface area contributed by atoms with Crippen molar-refractivity contribution >= 4 is 16.8 Å². The number of nitrogens with zero attached hydrogens (tertiary/aromatic N) is 3. The number of amides is 1. The van der Waals surface area contributed by atoms with Gasteiger partial charge < -0.3 is 20.3 Å². The molecule has 1 atom stereocenters. The third kappa shape index (κ3) is 5.25. The highest BCUT2D eigenvalue weighted by Crippen LogP contribution is 2.58. The Bertz CT molecular complexity index is 1650. The molecular weight excluding hydrogens is 530 g/mol. The number of methoxy groups -OCH3 is 1. The van der Waals surface area contributed by atoms with Crippen molar-refractivity contribution in [2.45, 2.75) is 51.7 Å². The minimum atomic E-state index is -1.71. The molecule has 4 aromatic rings. The van der Waals surface area contributed by atoms with Crippen LogP contribution in [-0.2, 0) is 11.2 Å². The summed E-state index contributed by atoms with van der Waals surface area (Å²) in [6.07, 6.45) is 1.29. The lowest BCUT2D eigenvalue weighted by molar-refractivity contribution is -0.0329. The van der Waals surface area contributed by atoms with Gasteiger partial charge in [0.2, 0.25) is 0 Å². The van der Waals surface area contributed by atoms with E-state index in [1.807, 2.05) is 6.92 Å². The van der Waals surface area contributed by atoms with E-state index in [-0.39, 0.29) is 29.1 Å². The molecule has 1 saturated carbocycles. The number of nitrogens with one attached hydrogen (secondary N) is 1. The molecule has 5 rings (SSSR count). The van der Waals surface area contributed by atoms with Crippen LogP contribution in [0.25, 0.3) is 22.2 Å². The van der Waals surface area contributed by atoms with Crippen LogP contribution in [0.1, 0.15) is 60.9 Å². The molecule has 1 aliphatic rings. The van der Waals surface area contributed by atoms with E-state index in [0.717, 1.165) is 0 Å². The van der Waals surface area contributed by atoms with Gasteiger partial charge in [0.05, 0.1) is 30.6 Å². The van der Waals surface area contributed by atoms with Gasteiger partial charge in [-0.3, -0.25) is 4.79 Å². The smallest absolute Gasteiger partial charge is 0.251 e. The zero-order valence-corrected chi connectivity index (χ0v) is 23.5. The fraction of sp³-hybridized carbons (Fsp3) is 0.355. The molecule has 0 spiro atoms. The first-order valence-electron chi connectivity index (χ1n) is 13.3. The highest BCUT2D eigenvalue weighted by atomic mass is 19.1. The summed E-state index contributed by atoms with van der Waals surface area (Å²) in [4.78, 5) is 17.9. The Balaban J connectivity index is 1.56. The molecule has 41 heavy (non-hydrogen) atoms. The fourth-order valence-electron chi connectivity index (χ4n) is 5.03. The first-order valence-corrected chi connectivity index (χ1v) is 13.3. The van der Waals surface area contributed by atoms with Crippen molar-refractivity contribution in [3.05, 3.63) is 82.7 Å². The van der Waals surface area contributed by atoms with Gasteiger partial charge in [0.1, 0.15) is 28.4 Å². The van der Waals surface area contributed by atoms with Crippen molar-refractivity contribution in [3.63, 3.8) is 0 Å². The maximum Gasteiger partial charge on any atom is 0.251 e. The number of ether oxygens (including phenoxy) is 1. The average Bonchev–Trinajstić information content (AvgIpc) is 3.69. The molecule has 0 aliphatic heterocycles. The summed E-state index contributed by atoms with van der Waals surface area (Å²) in [5.41, 5.74) is -2.35. The molecule has 1 unspecified atom stereocenters. The summed E-state index contributed by atoms with van der Waals surface area (Å²) in [7, 11) is 1.48. The zero-order chi connectivity index (χ0) is 29.7. The van der Waals surface area contributed by atoms with Crippen LogP contribution in [0.2, 0.25) is 0 Å². The summed E-state index contributed by atoms with van der Waals surface area (Å²) < 4.78 is 34.8. The van der Waals surface area contributed by atoms with E-state index in [0.29, 0.717) is 40.8 Å². The van der Waals surface area contributed by atoms with Crippen LogP contribution in [-0.4, -0.2) is 45.0 Å². The van der Waals surface area contributed by atoms with Gasteiger partial charge in [0.25, 0.3) is 5.91 Å².